The molecule has 0 radical (unpaired) electrons. The number of esters is 2. The van der Waals surface area contributed by atoms with Crippen LogP contribution in [0, 0.1) is 0 Å². The number of ether oxygens (including phenoxy) is 4. The third-order valence-electron chi connectivity index (χ3n) is 9.67. The Kier molecular flexibility index (Phi) is 37.1. The summed E-state index contributed by atoms with van der Waals surface area (Å²) in [6.07, 6.45) is 37.8. The van der Waals surface area contributed by atoms with Crippen molar-refractivity contribution >= 4 is 17.9 Å². The molecule has 55 heavy (non-hydrogen) atoms. The van der Waals surface area contributed by atoms with Crippen molar-refractivity contribution in [3.63, 3.8) is 0 Å². The van der Waals surface area contributed by atoms with Crippen LogP contribution in [-0.2, 0) is 33.3 Å². The molecule has 0 aliphatic heterocycles. The fourth-order valence-corrected chi connectivity index (χ4v) is 6.10. The number of rotatable bonds is 41. The molecule has 0 aliphatic rings. The maximum Gasteiger partial charge on any atom is 0.306 e. The Balaban J connectivity index is 4.39. The maximum atomic E-state index is 12.7. The largest absolute Gasteiger partial charge is 0.545 e. The zero-order valence-electron chi connectivity index (χ0n) is 36.3. The number of carbonyl (C=O) groups excluding carboxylic acids is 3. The molecule has 0 aliphatic carbocycles. The molecule has 0 aromatic rings. The first-order chi connectivity index (χ1) is 26.6. The molecule has 0 spiro atoms. The highest BCUT2D eigenvalue weighted by Crippen LogP contribution is 2.14. The van der Waals surface area contributed by atoms with Crippen molar-refractivity contribution in [2.45, 2.75) is 206 Å². The molecule has 0 amide bonds. The summed E-state index contributed by atoms with van der Waals surface area (Å²) in [7, 11) is 5.90. The molecule has 0 aromatic heterocycles. The first kappa shape index (κ1) is 52.8. The molecule has 0 aromatic carbocycles. The smallest absolute Gasteiger partial charge is 0.306 e. The van der Waals surface area contributed by atoms with Crippen LogP contribution in [-0.4, -0.2) is 82.3 Å². The maximum absolute atomic E-state index is 12.7. The number of likely N-dealkylation sites (N-methyl/N-ethyl adjacent to an activating group) is 1. The van der Waals surface area contributed by atoms with Crippen molar-refractivity contribution in [3.05, 3.63) is 24.3 Å². The fourth-order valence-electron chi connectivity index (χ4n) is 6.10. The summed E-state index contributed by atoms with van der Waals surface area (Å²) < 4.78 is 22.5. The zero-order chi connectivity index (χ0) is 40.7. The van der Waals surface area contributed by atoms with E-state index in [-0.39, 0.29) is 38.6 Å². The highest BCUT2D eigenvalue weighted by Gasteiger charge is 2.21. The van der Waals surface area contributed by atoms with E-state index in [1.807, 2.05) is 21.1 Å². The Bertz CT molecular complexity index is 960. The van der Waals surface area contributed by atoms with Crippen molar-refractivity contribution in [1.82, 2.24) is 0 Å². The van der Waals surface area contributed by atoms with E-state index < -0.39 is 24.3 Å². The van der Waals surface area contributed by atoms with Crippen LogP contribution < -0.4 is 5.11 Å². The topological polar surface area (TPSA) is 111 Å². The average Bonchev–Trinajstić information content (AvgIpc) is 3.14. The highest BCUT2D eigenvalue weighted by atomic mass is 16.7. The number of nitrogens with zero attached hydrogens (tertiary/aromatic N) is 1. The Morgan fingerprint density at radius 1 is 0.527 bits per heavy atom. The monoisotopic (exact) mass is 780 g/mol. The normalized spacial score (nSPS) is 13.1. The number of aliphatic carboxylic acids is 1. The van der Waals surface area contributed by atoms with Crippen LogP contribution in [0.2, 0.25) is 0 Å². The van der Waals surface area contributed by atoms with Crippen molar-refractivity contribution in [1.29, 1.82) is 0 Å². The summed E-state index contributed by atoms with van der Waals surface area (Å²) in [5.41, 5.74) is 0. The van der Waals surface area contributed by atoms with Gasteiger partial charge >= 0.3 is 11.9 Å². The Morgan fingerprint density at radius 3 is 1.40 bits per heavy atom. The van der Waals surface area contributed by atoms with Crippen LogP contribution >= 0.6 is 0 Å². The molecule has 2 atom stereocenters. The number of hydrogen-bond acceptors (Lipinski definition) is 8. The summed E-state index contributed by atoms with van der Waals surface area (Å²) in [5, 5.41) is 11.7. The second-order valence-electron chi connectivity index (χ2n) is 16.3. The molecule has 9 heteroatoms. The van der Waals surface area contributed by atoms with Gasteiger partial charge in [-0.15, -0.1) is 0 Å². The van der Waals surface area contributed by atoms with Crippen LogP contribution in [0.4, 0.5) is 0 Å². The number of allylic oxidation sites excluding steroid dienone is 4. The quantitative estimate of drug-likeness (QED) is 0.0198. The second kappa shape index (κ2) is 38.6. The minimum absolute atomic E-state index is 0.147. The lowest BCUT2D eigenvalue weighted by atomic mass is 10.1. The summed E-state index contributed by atoms with van der Waals surface area (Å²) in [6, 6.07) is 0. The lowest BCUT2D eigenvalue weighted by molar-refractivity contribution is -0.870. The fraction of sp³-hybridized carbons (Fsp3) is 0.848. The lowest BCUT2D eigenvalue weighted by Crippen LogP contribution is -2.44. The zero-order valence-corrected chi connectivity index (χ0v) is 36.3. The summed E-state index contributed by atoms with van der Waals surface area (Å²) in [4.78, 5) is 36.9. The minimum Gasteiger partial charge on any atom is -0.545 e. The van der Waals surface area contributed by atoms with Crippen LogP contribution in [0.1, 0.15) is 194 Å². The van der Waals surface area contributed by atoms with E-state index in [1.165, 1.54) is 96.3 Å². The predicted octanol–water partition coefficient (Wildman–Crippen LogP) is 10.3. The summed E-state index contributed by atoms with van der Waals surface area (Å²) in [5.74, 6) is -2.30. The summed E-state index contributed by atoms with van der Waals surface area (Å²) in [6.45, 7) is 4.69. The molecule has 0 saturated carbocycles. The van der Waals surface area contributed by atoms with Gasteiger partial charge < -0.3 is 33.3 Å². The van der Waals surface area contributed by atoms with E-state index in [0.717, 1.165) is 64.2 Å². The molecule has 0 rings (SSSR count). The van der Waals surface area contributed by atoms with Crippen LogP contribution in [0.15, 0.2) is 24.3 Å². The molecule has 0 saturated heterocycles. The van der Waals surface area contributed by atoms with Gasteiger partial charge in [-0.2, -0.15) is 0 Å². The van der Waals surface area contributed by atoms with Crippen molar-refractivity contribution in [2.75, 3.05) is 47.5 Å². The van der Waals surface area contributed by atoms with Crippen molar-refractivity contribution in [3.8, 4) is 0 Å². The number of unbranched alkanes of at least 4 members (excludes halogenated alkanes) is 22. The van der Waals surface area contributed by atoms with E-state index in [9.17, 15) is 19.5 Å². The number of carboxylic acids is 1. The Morgan fingerprint density at radius 2 is 0.945 bits per heavy atom. The van der Waals surface area contributed by atoms with Gasteiger partial charge in [0.2, 0.25) is 0 Å². The van der Waals surface area contributed by atoms with E-state index in [4.69, 9.17) is 18.9 Å². The average molecular weight is 780 g/mol. The van der Waals surface area contributed by atoms with Crippen molar-refractivity contribution < 1.29 is 42.9 Å². The molecule has 0 N–H and O–H groups in total. The van der Waals surface area contributed by atoms with E-state index in [2.05, 4.69) is 38.2 Å². The highest BCUT2D eigenvalue weighted by molar-refractivity contribution is 5.70. The Hall–Kier alpha value is -2.23. The molecular formula is C46H85NO8. The lowest BCUT2D eigenvalue weighted by Gasteiger charge is -2.26. The van der Waals surface area contributed by atoms with E-state index in [0.29, 0.717) is 17.4 Å². The van der Waals surface area contributed by atoms with Crippen LogP contribution in [0.5, 0.6) is 0 Å². The van der Waals surface area contributed by atoms with Crippen molar-refractivity contribution in [2.24, 2.45) is 0 Å². The number of hydrogen-bond donors (Lipinski definition) is 0. The van der Waals surface area contributed by atoms with E-state index in [1.54, 1.807) is 0 Å². The SMILES string of the molecule is CCCC/C=C\CCCCCCCC(=O)OCC(COC(OCC[N+](C)(C)C)C(=O)[O-])OC(=O)CCCCCCCCCCC/C=C\CCCCCCCC. The number of carbonyl (C=O) groups is 3. The van der Waals surface area contributed by atoms with Gasteiger partial charge in [0.15, 0.2) is 12.4 Å². The molecule has 2 unspecified atom stereocenters. The molecule has 0 heterocycles. The number of carboxylic acid groups (broad SMARTS) is 1. The minimum atomic E-state index is -1.62. The standard InChI is InChI=1S/C46H85NO8/c1-6-8-10-12-14-16-18-19-20-21-22-23-24-25-27-29-31-33-35-37-44(49)55-42(41-54-46(45(50)51)52-39-38-47(3,4)5)40-53-43(48)36-34-32-30-28-26-17-15-13-11-9-7-2/h13,15,19-20,42,46H,6-12,14,16-18,21-41H2,1-5H3/b15-13-,20-19-. The van der Waals surface area contributed by atoms with E-state index >= 15 is 0 Å². The van der Waals surface area contributed by atoms with Crippen LogP contribution in [0.25, 0.3) is 0 Å². The second-order valence-corrected chi connectivity index (χ2v) is 16.3. The molecule has 9 nitrogen and oxygen atoms in total. The van der Waals surface area contributed by atoms with Crippen LogP contribution in [0.3, 0.4) is 0 Å². The van der Waals surface area contributed by atoms with Gasteiger partial charge in [-0.25, -0.2) is 0 Å². The van der Waals surface area contributed by atoms with Gasteiger partial charge in [-0.05, 0) is 57.8 Å². The third-order valence-corrected chi connectivity index (χ3v) is 9.67. The van der Waals surface area contributed by atoms with Gasteiger partial charge in [0, 0.05) is 12.8 Å². The first-order valence-corrected chi connectivity index (χ1v) is 22.5. The van der Waals surface area contributed by atoms with Gasteiger partial charge in [0.25, 0.3) is 0 Å². The van der Waals surface area contributed by atoms with Gasteiger partial charge in [0.05, 0.1) is 40.3 Å². The van der Waals surface area contributed by atoms with Gasteiger partial charge in [0.1, 0.15) is 13.2 Å². The Labute approximate surface area is 337 Å². The van der Waals surface area contributed by atoms with Gasteiger partial charge in [-0.3, -0.25) is 9.59 Å². The molecule has 0 bridgehead atoms. The predicted molar refractivity (Wildman–Crippen MR) is 223 cm³/mol. The van der Waals surface area contributed by atoms with Gasteiger partial charge in [-0.1, -0.05) is 147 Å². The first-order valence-electron chi connectivity index (χ1n) is 22.5. The molecule has 0 fully saturated rings. The molecule has 322 valence electrons. The molecular weight excluding hydrogens is 695 g/mol. The summed E-state index contributed by atoms with van der Waals surface area (Å²) >= 11 is 0. The number of quaternary nitrogens is 1. The third kappa shape index (κ3) is 39.8.